The normalized spacial score (nSPS) is 27.1. The number of amides is 2. The van der Waals surface area contributed by atoms with Crippen molar-refractivity contribution in [2.45, 2.75) is 70.9 Å². The van der Waals surface area contributed by atoms with E-state index in [-0.39, 0.29) is 24.4 Å². The van der Waals surface area contributed by atoms with Crippen LogP contribution >= 0.6 is 0 Å². The molecule has 1 saturated heterocycles. The molecule has 0 aromatic rings. The van der Waals surface area contributed by atoms with Gasteiger partial charge in [0.1, 0.15) is 0 Å². The van der Waals surface area contributed by atoms with Crippen LogP contribution in [0, 0.1) is 11.8 Å². The zero-order valence-electron chi connectivity index (χ0n) is 13.2. The number of carboxylic acid groups (broad SMARTS) is 1. The van der Waals surface area contributed by atoms with Gasteiger partial charge in [-0.3, -0.25) is 4.79 Å². The van der Waals surface area contributed by atoms with Crippen molar-refractivity contribution in [2.75, 3.05) is 6.54 Å². The van der Waals surface area contributed by atoms with Crippen LogP contribution in [0.5, 0.6) is 0 Å². The van der Waals surface area contributed by atoms with E-state index < -0.39 is 5.97 Å². The molecule has 0 aromatic carbocycles. The van der Waals surface area contributed by atoms with E-state index in [1.54, 1.807) is 0 Å². The predicted octanol–water partition coefficient (Wildman–Crippen LogP) is 2.85. The van der Waals surface area contributed by atoms with Crippen molar-refractivity contribution in [3.8, 4) is 0 Å². The van der Waals surface area contributed by atoms with Crippen molar-refractivity contribution in [1.82, 2.24) is 10.2 Å². The first-order valence-electron chi connectivity index (χ1n) is 8.28. The summed E-state index contributed by atoms with van der Waals surface area (Å²) in [5.74, 6) is -0.0876. The molecule has 1 heterocycles. The number of hydrogen-bond donors (Lipinski definition) is 2. The van der Waals surface area contributed by atoms with E-state index >= 15 is 0 Å². The van der Waals surface area contributed by atoms with Gasteiger partial charge in [0.05, 0.1) is 6.42 Å². The number of rotatable bonds is 4. The molecule has 0 radical (unpaired) electrons. The van der Waals surface area contributed by atoms with Crippen LogP contribution in [-0.4, -0.2) is 40.6 Å². The minimum absolute atomic E-state index is 0.00859. The van der Waals surface area contributed by atoms with Gasteiger partial charge in [0.2, 0.25) is 0 Å². The van der Waals surface area contributed by atoms with E-state index in [9.17, 15) is 9.59 Å². The number of carbonyl (C=O) groups is 2. The van der Waals surface area contributed by atoms with Crippen LogP contribution in [0.15, 0.2) is 0 Å². The van der Waals surface area contributed by atoms with Crippen molar-refractivity contribution in [3.05, 3.63) is 0 Å². The SMILES string of the molecule is CC(C)C(CC(=O)O)NC(=O)N1CCC[C@H]2CCCC[C@H]21. The molecule has 2 N–H and O–H groups in total. The molecule has 2 rings (SSSR count). The number of aliphatic carboxylic acids is 1. The van der Waals surface area contributed by atoms with Gasteiger partial charge in [-0.15, -0.1) is 0 Å². The Kier molecular flexibility index (Phi) is 5.48. The molecule has 1 aliphatic heterocycles. The third kappa shape index (κ3) is 4.11. The van der Waals surface area contributed by atoms with Gasteiger partial charge in [-0.05, 0) is 37.5 Å². The maximum atomic E-state index is 12.6. The Labute approximate surface area is 127 Å². The topological polar surface area (TPSA) is 69.6 Å². The average molecular weight is 296 g/mol. The first kappa shape index (κ1) is 16.1. The van der Waals surface area contributed by atoms with Crippen LogP contribution in [0.3, 0.4) is 0 Å². The van der Waals surface area contributed by atoms with Gasteiger partial charge in [-0.1, -0.05) is 26.7 Å². The summed E-state index contributed by atoms with van der Waals surface area (Å²) in [5.41, 5.74) is 0. The number of piperidine rings is 1. The van der Waals surface area contributed by atoms with Gasteiger partial charge >= 0.3 is 12.0 Å². The van der Waals surface area contributed by atoms with E-state index in [1.165, 1.54) is 25.7 Å². The Bertz CT molecular complexity index is 382. The number of fused-ring (bicyclic) bond motifs is 1. The van der Waals surface area contributed by atoms with Gasteiger partial charge < -0.3 is 15.3 Å². The van der Waals surface area contributed by atoms with Gasteiger partial charge in [-0.2, -0.15) is 0 Å². The van der Waals surface area contributed by atoms with Crippen LogP contribution in [0.4, 0.5) is 4.79 Å². The van der Waals surface area contributed by atoms with Crippen LogP contribution in [-0.2, 0) is 4.79 Å². The summed E-state index contributed by atoms with van der Waals surface area (Å²) in [6.07, 6.45) is 7.11. The fourth-order valence-corrected chi connectivity index (χ4v) is 3.76. The van der Waals surface area contributed by atoms with Crippen molar-refractivity contribution in [1.29, 1.82) is 0 Å². The van der Waals surface area contributed by atoms with Gasteiger partial charge in [0.25, 0.3) is 0 Å². The highest BCUT2D eigenvalue weighted by molar-refractivity contribution is 5.76. The standard InChI is InChI=1S/C16H28N2O3/c1-11(2)13(10-15(19)20)17-16(21)18-9-5-7-12-6-3-4-8-14(12)18/h11-14H,3-10H2,1-2H3,(H,17,21)(H,19,20)/t12-,13?,14-/m1/s1. The molecule has 3 atom stereocenters. The molecule has 0 bridgehead atoms. The van der Waals surface area contributed by atoms with Crippen LogP contribution < -0.4 is 5.32 Å². The average Bonchev–Trinajstić information content (AvgIpc) is 2.45. The molecule has 1 unspecified atom stereocenters. The maximum absolute atomic E-state index is 12.6. The van der Waals surface area contributed by atoms with Crippen molar-refractivity contribution >= 4 is 12.0 Å². The minimum Gasteiger partial charge on any atom is -0.481 e. The molecule has 1 aliphatic carbocycles. The quantitative estimate of drug-likeness (QED) is 0.838. The van der Waals surface area contributed by atoms with Crippen LogP contribution in [0.1, 0.15) is 58.8 Å². The van der Waals surface area contributed by atoms with Crippen molar-refractivity contribution < 1.29 is 14.7 Å². The van der Waals surface area contributed by atoms with Gasteiger partial charge in [0.15, 0.2) is 0 Å². The Morgan fingerprint density at radius 2 is 1.86 bits per heavy atom. The number of carbonyl (C=O) groups excluding carboxylic acids is 1. The molecule has 0 spiro atoms. The highest BCUT2D eigenvalue weighted by atomic mass is 16.4. The number of nitrogens with one attached hydrogen (secondary N) is 1. The first-order chi connectivity index (χ1) is 9.99. The molecule has 1 saturated carbocycles. The molecule has 5 nitrogen and oxygen atoms in total. The van der Waals surface area contributed by atoms with Crippen molar-refractivity contribution in [2.24, 2.45) is 11.8 Å². The molecule has 2 aliphatic rings. The van der Waals surface area contributed by atoms with E-state index in [2.05, 4.69) is 5.32 Å². The van der Waals surface area contributed by atoms with Gasteiger partial charge in [-0.25, -0.2) is 4.79 Å². The third-order valence-corrected chi connectivity index (χ3v) is 5.01. The molecular formula is C16H28N2O3. The monoisotopic (exact) mass is 296 g/mol. The number of hydrogen-bond acceptors (Lipinski definition) is 2. The van der Waals surface area contributed by atoms with Crippen LogP contribution in [0.2, 0.25) is 0 Å². The second kappa shape index (κ2) is 7.14. The molecule has 21 heavy (non-hydrogen) atoms. The lowest BCUT2D eigenvalue weighted by Crippen LogP contribution is -2.55. The lowest BCUT2D eigenvalue weighted by atomic mass is 9.78. The molecule has 0 aromatic heterocycles. The lowest BCUT2D eigenvalue weighted by Gasteiger charge is -2.44. The number of likely N-dealkylation sites (tertiary alicyclic amines) is 1. The maximum Gasteiger partial charge on any atom is 0.317 e. The molecule has 5 heteroatoms. The lowest BCUT2D eigenvalue weighted by molar-refractivity contribution is -0.137. The number of urea groups is 1. The smallest absolute Gasteiger partial charge is 0.317 e. The fourth-order valence-electron chi connectivity index (χ4n) is 3.76. The number of carboxylic acids is 1. The minimum atomic E-state index is -0.858. The molecule has 2 amide bonds. The Hall–Kier alpha value is -1.26. The largest absolute Gasteiger partial charge is 0.481 e. The molecular weight excluding hydrogens is 268 g/mol. The van der Waals surface area contributed by atoms with E-state index in [0.29, 0.717) is 12.0 Å². The van der Waals surface area contributed by atoms with E-state index in [1.807, 2.05) is 18.7 Å². The summed E-state index contributed by atoms with van der Waals surface area (Å²) < 4.78 is 0. The summed E-state index contributed by atoms with van der Waals surface area (Å²) >= 11 is 0. The summed E-state index contributed by atoms with van der Waals surface area (Å²) in [6.45, 7) is 4.71. The highest BCUT2D eigenvalue weighted by Crippen LogP contribution is 2.35. The molecule has 2 fully saturated rings. The Morgan fingerprint density at radius 3 is 2.52 bits per heavy atom. The zero-order chi connectivity index (χ0) is 15.4. The van der Waals surface area contributed by atoms with Gasteiger partial charge in [0, 0.05) is 18.6 Å². The van der Waals surface area contributed by atoms with Crippen LogP contribution in [0.25, 0.3) is 0 Å². The zero-order valence-corrected chi connectivity index (χ0v) is 13.2. The summed E-state index contributed by atoms with van der Waals surface area (Å²) in [6, 6.07) is 0.00987. The second-order valence-electron chi connectivity index (χ2n) is 6.85. The Balaban J connectivity index is 1.98. The summed E-state index contributed by atoms with van der Waals surface area (Å²) in [4.78, 5) is 25.5. The Morgan fingerprint density at radius 1 is 1.19 bits per heavy atom. The van der Waals surface area contributed by atoms with Crippen molar-refractivity contribution in [3.63, 3.8) is 0 Å². The highest BCUT2D eigenvalue weighted by Gasteiger charge is 2.36. The summed E-state index contributed by atoms with van der Waals surface area (Å²) in [5, 5.41) is 11.9. The van der Waals surface area contributed by atoms with E-state index in [4.69, 9.17) is 5.11 Å². The third-order valence-electron chi connectivity index (χ3n) is 5.01. The predicted molar refractivity (Wildman–Crippen MR) is 81.1 cm³/mol. The first-order valence-corrected chi connectivity index (χ1v) is 8.28. The number of nitrogens with zero attached hydrogens (tertiary/aromatic N) is 1. The fraction of sp³-hybridized carbons (Fsp3) is 0.875. The second-order valence-corrected chi connectivity index (χ2v) is 6.85. The van der Waals surface area contributed by atoms with E-state index in [0.717, 1.165) is 19.4 Å². The molecule has 120 valence electrons. The summed E-state index contributed by atoms with van der Waals surface area (Å²) in [7, 11) is 0.